The van der Waals surface area contributed by atoms with Gasteiger partial charge in [0, 0.05) is 13.5 Å². The third kappa shape index (κ3) is 2.10. The molecule has 5 atom stereocenters. The first-order valence-corrected chi connectivity index (χ1v) is 6.10. The minimum Gasteiger partial charge on any atom is -0.383 e. The molecule has 0 aliphatic heterocycles. The van der Waals surface area contributed by atoms with E-state index in [0.29, 0.717) is 0 Å². The van der Waals surface area contributed by atoms with Crippen molar-refractivity contribution in [1.29, 1.82) is 0 Å². The topological polar surface area (TPSA) is 12.0 Å². The highest BCUT2D eigenvalue weighted by atomic mass is 32.1. The molecule has 1 rings (SSSR count). The quantitative estimate of drug-likeness (QED) is 0.707. The second-order valence-electron chi connectivity index (χ2n) is 4.98. The van der Waals surface area contributed by atoms with Gasteiger partial charge in [-0.3, -0.25) is 0 Å². The van der Waals surface area contributed by atoms with Gasteiger partial charge in [0.15, 0.2) is 0 Å². The lowest BCUT2D eigenvalue weighted by Gasteiger charge is -2.21. The maximum absolute atomic E-state index is 5.26. The van der Waals surface area contributed by atoms with Gasteiger partial charge >= 0.3 is 0 Å². The maximum Gasteiger partial charge on any atom is 0.0753 e. The number of hydrogen-bond donors (Lipinski definition) is 1. The summed E-state index contributed by atoms with van der Waals surface area (Å²) in [6, 6.07) is 0. The summed E-state index contributed by atoms with van der Waals surface area (Å²) in [5.41, 5.74) is 0. The Morgan fingerprint density at radius 2 is 1.43 bits per heavy atom. The highest BCUT2D eigenvalue weighted by Gasteiger charge is 2.41. The molecule has 0 aromatic heterocycles. The molecule has 0 radical (unpaired) electrons. The van der Waals surface area contributed by atoms with Crippen LogP contribution in [0.25, 0.3) is 0 Å². The largest absolute Gasteiger partial charge is 0.383 e. The number of thiocarbonyl (C=S) groups is 1. The van der Waals surface area contributed by atoms with E-state index in [9.17, 15) is 0 Å². The standard InChI is InChI=1S/C12H23NS/c1-7-8(2)10(4)11(9(7)3)6-12(14)13-5/h7-11H,6H2,1-5H3,(H,13,14)/t7?,8?,9-,10?,11?/m0/s1. The van der Waals surface area contributed by atoms with Gasteiger partial charge < -0.3 is 5.32 Å². The van der Waals surface area contributed by atoms with Crippen LogP contribution in [0.2, 0.25) is 0 Å². The molecule has 0 saturated heterocycles. The minimum atomic E-state index is 0.778. The molecule has 0 heterocycles. The molecule has 0 aromatic rings. The Balaban J connectivity index is 2.65. The van der Waals surface area contributed by atoms with E-state index in [1.165, 1.54) is 0 Å². The van der Waals surface area contributed by atoms with Gasteiger partial charge in [-0.05, 0) is 29.6 Å². The third-order valence-corrected chi connectivity index (χ3v) is 4.91. The van der Waals surface area contributed by atoms with Gasteiger partial charge in [0.05, 0.1) is 4.99 Å². The van der Waals surface area contributed by atoms with Crippen LogP contribution in [-0.2, 0) is 0 Å². The number of hydrogen-bond acceptors (Lipinski definition) is 1. The average molecular weight is 213 g/mol. The predicted octanol–water partition coefficient (Wildman–Crippen LogP) is 3.10. The molecule has 14 heavy (non-hydrogen) atoms. The van der Waals surface area contributed by atoms with E-state index in [2.05, 4.69) is 33.0 Å². The zero-order chi connectivity index (χ0) is 10.9. The number of rotatable bonds is 2. The van der Waals surface area contributed by atoms with Gasteiger partial charge in [0.1, 0.15) is 0 Å². The Hall–Kier alpha value is -0.110. The van der Waals surface area contributed by atoms with E-state index in [1.807, 2.05) is 7.05 Å². The molecule has 1 fully saturated rings. The highest BCUT2D eigenvalue weighted by molar-refractivity contribution is 7.80. The molecule has 0 spiro atoms. The van der Waals surface area contributed by atoms with Crippen LogP contribution in [0.4, 0.5) is 0 Å². The Bertz CT molecular complexity index is 200. The minimum absolute atomic E-state index is 0.778. The molecular weight excluding hydrogens is 190 g/mol. The summed E-state index contributed by atoms with van der Waals surface area (Å²) in [6.07, 6.45) is 1.07. The van der Waals surface area contributed by atoms with Crippen molar-refractivity contribution in [1.82, 2.24) is 5.32 Å². The summed E-state index contributed by atoms with van der Waals surface area (Å²) in [7, 11) is 1.93. The van der Waals surface area contributed by atoms with Crippen LogP contribution in [0, 0.1) is 29.6 Å². The van der Waals surface area contributed by atoms with E-state index in [1.54, 1.807) is 0 Å². The molecule has 0 aromatic carbocycles. The van der Waals surface area contributed by atoms with Gasteiger partial charge in [-0.15, -0.1) is 0 Å². The van der Waals surface area contributed by atoms with Gasteiger partial charge in [-0.25, -0.2) is 0 Å². The Kier molecular flexibility index (Phi) is 3.94. The normalized spacial score (nSPS) is 42.5. The third-order valence-electron chi connectivity index (χ3n) is 4.54. The van der Waals surface area contributed by atoms with Gasteiger partial charge in [-0.1, -0.05) is 39.9 Å². The van der Waals surface area contributed by atoms with Crippen molar-refractivity contribution in [3.05, 3.63) is 0 Å². The molecule has 1 saturated carbocycles. The van der Waals surface area contributed by atoms with Crippen LogP contribution >= 0.6 is 12.2 Å². The van der Waals surface area contributed by atoms with Crippen molar-refractivity contribution < 1.29 is 0 Å². The predicted molar refractivity (Wildman–Crippen MR) is 66.4 cm³/mol. The van der Waals surface area contributed by atoms with E-state index >= 15 is 0 Å². The van der Waals surface area contributed by atoms with Crippen molar-refractivity contribution >= 4 is 17.2 Å². The zero-order valence-corrected chi connectivity index (χ0v) is 10.8. The van der Waals surface area contributed by atoms with Gasteiger partial charge in [-0.2, -0.15) is 0 Å². The van der Waals surface area contributed by atoms with Crippen molar-refractivity contribution in [2.45, 2.75) is 34.1 Å². The van der Waals surface area contributed by atoms with Gasteiger partial charge in [0.2, 0.25) is 0 Å². The Morgan fingerprint density at radius 1 is 1.00 bits per heavy atom. The molecule has 82 valence electrons. The van der Waals surface area contributed by atoms with Crippen LogP contribution in [-0.4, -0.2) is 12.0 Å². The molecule has 1 nitrogen and oxygen atoms in total. The smallest absolute Gasteiger partial charge is 0.0753 e. The highest BCUT2D eigenvalue weighted by Crippen LogP contribution is 2.46. The first kappa shape index (κ1) is 12.0. The van der Waals surface area contributed by atoms with E-state index in [0.717, 1.165) is 41.0 Å². The molecule has 1 aliphatic carbocycles. The SMILES string of the molecule is CNC(=S)CC1C(C)C(C)C(C)[C@@H]1C. The van der Waals surface area contributed by atoms with Crippen molar-refractivity contribution in [3.8, 4) is 0 Å². The lowest BCUT2D eigenvalue weighted by Crippen LogP contribution is -2.23. The molecule has 4 unspecified atom stereocenters. The Labute approximate surface area is 93.7 Å². The van der Waals surface area contributed by atoms with Gasteiger partial charge in [0.25, 0.3) is 0 Å². The summed E-state index contributed by atoms with van der Waals surface area (Å²) in [6.45, 7) is 9.53. The second kappa shape index (κ2) is 4.61. The Morgan fingerprint density at radius 3 is 1.79 bits per heavy atom. The fourth-order valence-electron chi connectivity index (χ4n) is 2.90. The summed E-state index contributed by atoms with van der Waals surface area (Å²) in [4.78, 5) is 1.02. The van der Waals surface area contributed by atoms with Crippen LogP contribution in [0.3, 0.4) is 0 Å². The summed E-state index contributed by atoms with van der Waals surface area (Å²) in [5.74, 6) is 4.09. The fourth-order valence-corrected chi connectivity index (χ4v) is 3.10. The lowest BCUT2D eigenvalue weighted by atomic mass is 9.86. The lowest BCUT2D eigenvalue weighted by molar-refractivity contribution is 0.331. The van der Waals surface area contributed by atoms with Crippen molar-refractivity contribution in [3.63, 3.8) is 0 Å². The van der Waals surface area contributed by atoms with Crippen molar-refractivity contribution in [2.75, 3.05) is 7.05 Å². The summed E-state index contributed by atoms with van der Waals surface area (Å²) >= 11 is 5.26. The first-order valence-electron chi connectivity index (χ1n) is 5.69. The molecule has 0 bridgehead atoms. The van der Waals surface area contributed by atoms with Crippen LogP contribution in [0.5, 0.6) is 0 Å². The maximum atomic E-state index is 5.26. The summed E-state index contributed by atoms with van der Waals surface area (Å²) in [5, 5.41) is 3.09. The van der Waals surface area contributed by atoms with E-state index in [4.69, 9.17) is 12.2 Å². The van der Waals surface area contributed by atoms with E-state index in [-0.39, 0.29) is 0 Å². The first-order chi connectivity index (χ1) is 6.49. The average Bonchev–Trinajstić information content (AvgIpc) is 2.35. The molecule has 1 N–H and O–H groups in total. The monoisotopic (exact) mass is 213 g/mol. The molecule has 0 amide bonds. The fraction of sp³-hybridized carbons (Fsp3) is 0.917. The second-order valence-corrected chi connectivity index (χ2v) is 5.47. The number of nitrogens with one attached hydrogen (secondary N) is 1. The van der Waals surface area contributed by atoms with Crippen molar-refractivity contribution in [2.24, 2.45) is 29.6 Å². The van der Waals surface area contributed by atoms with E-state index < -0.39 is 0 Å². The molecule has 2 heteroatoms. The summed E-state index contributed by atoms with van der Waals surface area (Å²) < 4.78 is 0. The zero-order valence-electron chi connectivity index (χ0n) is 10.0. The molecule has 1 aliphatic rings. The van der Waals surface area contributed by atoms with Crippen LogP contribution in [0.15, 0.2) is 0 Å². The van der Waals surface area contributed by atoms with Crippen LogP contribution in [0.1, 0.15) is 34.1 Å². The molecular formula is C12H23NS. The van der Waals surface area contributed by atoms with Crippen LogP contribution < -0.4 is 5.32 Å².